The van der Waals surface area contributed by atoms with Gasteiger partial charge in [-0.1, -0.05) is 42.5 Å². The highest BCUT2D eigenvalue weighted by molar-refractivity contribution is 6.20. The Hall–Kier alpha value is -5.06. The number of hydrogen-bond acceptors (Lipinski definition) is 7. The van der Waals surface area contributed by atoms with Gasteiger partial charge < -0.3 is 20.7 Å². The monoisotopic (exact) mass is 579 g/mol. The molecule has 3 N–H and O–H groups in total. The molecular weight excluding hydrogens is 549 g/mol. The van der Waals surface area contributed by atoms with Crippen molar-refractivity contribution in [1.82, 2.24) is 20.1 Å². The molecule has 11 heteroatoms. The number of ether oxygens (including phenoxy) is 1. The first-order valence-electron chi connectivity index (χ1n) is 14.4. The molecule has 3 aliphatic rings. The molecule has 0 spiro atoms. The number of aliphatic imine (C=N–C) groups is 1. The summed E-state index contributed by atoms with van der Waals surface area (Å²) in [5, 5.41) is 13.5. The van der Waals surface area contributed by atoms with Crippen molar-refractivity contribution >= 4 is 29.0 Å². The minimum Gasteiger partial charge on any atom is -0.474 e. The molecule has 0 radical (unpaired) electrons. The maximum Gasteiger partial charge on any atom is 0.269 e. The zero-order valence-corrected chi connectivity index (χ0v) is 23.7. The van der Waals surface area contributed by atoms with Crippen molar-refractivity contribution < 1.29 is 18.7 Å². The Kier molecular flexibility index (Phi) is 6.64. The second-order valence-corrected chi connectivity index (χ2v) is 11.3. The SMILES string of the molecule is CC(C)Nc1ccc(-c2nn3c(c2C(=O)N[C@H]2N=C(c4ccccc4)c4cccc(F)c4NC2=O)O[C@@H]2CC[C@H]3C2)cn1. The lowest BCUT2D eigenvalue weighted by molar-refractivity contribution is -0.117. The smallest absolute Gasteiger partial charge is 0.269 e. The Morgan fingerprint density at radius 2 is 1.91 bits per heavy atom. The third kappa shape index (κ3) is 4.90. The summed E-state index contributed by atoms with van der Waals surface area (Å²) >= 11 is 0. The van der Waals surface area contributed by atoms with Crippen molar-refractivity contribution in [1.29, 1.82) is 0 Å². The van der Waals surface area contributed by atoms with Crippen molar-refractivity contribution in [2.75, 3.05) is 10.6 Å². The summed E-state index contributed by atoms with van der Waals surface area (Å²) in [5.74, 6) is -0.772. The summed E-state index contributed by atoms with van der Waals surface area (Å²) < 4.78 is 23.0. The fourth-order valence-electron chi connectivity index (χ4n) is 5.92. The van der Waals surface area contributed by atoms with Crippen molar-refractivity contribution in [3.63, 3.8) is 0 Å². The lowest BCUT2D eigenvalue weighted by Gasteiger charge is -2.23. The van der Waals surface area contributed by atoms with E-state index in [4.69, 9.17) is 9.84 Å². The van der Waals surface area contributed by atoms with E-state index in [-0.39, 0.29) is 29.4 Å². The number of anilines is 2. The van der Waals surface area contributed by atoms with Crippen LogP contribution < -0.4 is 20.7 Å². The van der Waals surface area contributed by atoms with Gasteiger partial charge >= 0.3 is 0 Å². The van der Waals surface area contributed by atoms with E-state index in [0.29, 0.717) is 39.8 Å². The molecular formula is C32H30FN7O3. The Labute approximate surface area is 247 Å². The second-order valence-electron chi connectivity index (χ2n) is 11.3. The summed E-state index contributed by atoms with van der Waals surface area (Å²) in [4.78, 5) is 36.7. The van der Waals surface area contributed by atoms with Crippen LogP contribution in [0, 0.1) is 5.82 Å². The number of aromatic nitrogens is 3. The van der Waals surface area contributed by atoms with Crippen LogP contribution in [0.25, 0.3) is 11.3 Å². The molecule has 0 unspecified atom stereocenters. The largest absolute Gasteiger partial charge is 0.474 e. The standard InChI is InChI=1S/C32H30FN7O3/c1-17(2)35-24-14-11-19(16-34-24)27-25(32-40(39-27)20-12-13-21(15-20)43-32)30(41)38-29-31(42)37-28-22(9-6-10-23(28)33)26(36-29)18-7-4-3-5-8-18/h3-11,14,16-17,20-21,29H,12-13,15H2,1-2H3,(H,34,35)(H,37,42)(H,38,41)/t20-,21+,29+/m0/s1. The molecule has 2 aliphatic heterocycles. The average molecular weight is 580 g/mol. The highest BCUT2D eigenvalue weighted by atomic mass is 19.1. The van der Waals surface area contributed by atoms with Crippen molar-refractivity contribution in [3.05, 3.63) is 89.4 Å². The minimum absolute atomic E-state index is 0.00861. The van der Waals surface area contributed by atoms with Crippen molar-refractivity contribution in [2.45, 2.75) is 57.5 Å². The van der Waals surface area contributed by atoms with E-state index < -0.39 is 23.8 Å². The quantitative estimate of drug-likeness (QED) is 0.298. The molecule has 2 bridgehead atoms. The Morgan fingerprint density at radius 3 is 2.67 bits per heavy atom. The molecule has 2 amide bonds. The number of pyridine rings is 1. The van der Waals surface area contributed by atoms with Gasteiger partial charge in [0.25, 0.3) is 11.8 Å². The molecule has 218 valence electrons. The number of carbonyl (C=O) groups is 2. The average Bonchev–Trinajstić information content (AvgIpc) is 3.55. The van der Waals surface area contributed by atoms with Gasteiger partial charge in [0.1, 0.15) is 29.0 Å². The number of carbonyl (C=O) groups excluding carboxylic acids is 2. The van der Waals surface area contributed by atoms with Crippen LogP contribution in [0.15, 0.2) is 71.9 Å². The Bertz CT molecular complexity index is 1750. The summed E-state index contributed by atoms with van der Waals surface area (Å²) in [5.41, 5.74) is 2.73. The predicted molar refractivity (Wildman–Crippen MR) is 160 cm³/mol. The van der Waals surface area contributed by atoms with Crippen molar-refractivity contribution in [3.8, 4) is 17.1 Å². The van der Waals surface area contributed by atoms with E-state index >= 15 is 0 Å². The first-order valence-corrected chi connectivity index (χ1v) is 14.4. The fourth-order valence-corrected chi connectivity index (χ4v) is 5.92. The van der Waals surface area contributed by atoms with Gasteiger partial charge in [0, 0.05) is 35.3 Å². The van der Waals surface area contributed by atoms with Crippen LogP contribution in [0.5, 0.6) is 5.88 Å². The van der Waals surface area contributed by atoms with Gasteiger partial charge in [-0.15, -0.1) is 0 Å². The van der Waals surface area contributed by atoms with E-state index in [1.807, 2.05) is 56.3 Å². The molecule has 4 aromatic rings. The molecule has 2 aromatic heterocycles. The molecule has 3 atom stereocenters. The molecule has 7 rings (SSSR count). The molecule has 1 fully saturated rings. The number of nitrogens with zero attached hydrogens (tertiary/aromatic N) is 4. The maximum atomic E-state index is 14.9. The predicted octanol–water partition coefficient (Wildman–Crippen LogP) is 4.94. The lowest BCUT2D eigenvalue weighted by Crippen LogP contribution is -2.42. The Balaban J connectivity index is 1.29. The summed E-state index contributed by atoms with van der Waals surface area (Å²) in [7, 11) is 0. The minimum atomic E-state index is -1.35. The van der Waals surface area contributed by atoms with E-state index in [2.05, 4.69) is 25.9 Å². The number of benzodiazepines with no additional fused rings is 1. The number of para-hydroxylation sites is 1. The third-order valence-electron chi connectivity index (χ3n) is 7.89. The van der Waals surface area contributed by atoms with Crippen LogP contribution in [-0.2, 0) is 4.79 Å². The number of rotatable bonds is 6. The van der Waals surface area contributed by atoms with Gasteiger partial charge in [0.15, 0.2) is 0 Å². The zero-order chi connectivity index (χ0) is 29.7. The second kappa shape index (κ2) is 10.6. The molecule has 2 aromatic carbocycles. The topological polar surface area (TPSA) is 123 Å². The molecule has 0 saturated heterocycles. The number of amides is 2. The number of halogens is 1. The van der Waals surface area contributed by atoms with E-state index in [1.165, 1.54) is 6.07 Å². The molecule has 1 saturated carbocycles. The van der Waals surface area contributed by atoms with Crippen LogP contribution >= 0.6 is 0 Å². The van der Waals surface area contributed by atoms with Crippen LogP contribution in [0.4, 0.5) is 15.9 Å². The molecule has 4 heterocycles. The maximum absolute atomic E-state index is 14.9. The van der Waals surface area contributed by atoms with Gasteiger partial charge in [-0.3, -0.25) is 9.59 Å². The van der Waals surface area contributed by atoms with Crippen molar-refractivity contribution in [2.24, 2.45) is 4.99 Å². The lowest BCUT2D eigenvalue weighted by atomic mass is 10.0. The van der Waals surface area contributed by atoms with Gasteiger partial charge in [-0.25, -0.2) is 19.0 Å². The first kappa shape index (κ1) is 26.8. The normalized spacial score (nSPS) is 20.3. The zero-order valence-electron chi connectivity index (χ0n) is 23.7. The van der Waals surface area contributed by atoms with E-state index in [9.17, 15) is 14.0 Å². The highest BCUT2D eigenvalue weighted by Crippen LogP contribution is 2.44. The number of nitrogens with one attached hydrogen (secondary N) is 3. The van der Waals surface area contributed by atoms with Crippen LogP contribution in [0.3, 0.4) is 0 Å². The fraction of sp³-hybridized carbons (Fsp3) is 0.281. The van der Waals surface area contributed by atoms with Gasteiger partial charge in [-0.05, 0) is 44.9 Å². The van der Waals surface area contributed by atoms with Gasteiger partial charge in [-0.2, -0.15) is 5.10 Å². The first-order chi connectivity index (χ1) is 20.9. The molecule has 10 nitrogen and oxygen atoms in total. The number of hydrogen-bond donors (Lipinski definition) is 3. The Morgan fingerprint density at radius 1 is 1.07 bits per heavy atom. The third-order valence-corrected chi connectivity index (χ3v) is 7.89. The van der Waals surface area contributed by atoms with Crippen LogP contribution in [0.2, 0.25) is 0 Å². The van der Waals surface area contributed by atoms with Crippen LogP contribution in [0.1, 0.15) is 60.6 Å². The molecule has 1 aliphatic carbocycles. The number of fused-ring (bicyclic) bond motifs is 5. The molecule has 43 heavy (non-hydrogen) atoms. The van der Waals surface area contributed by atoms with Crippen LogP contribution in [-0.4, -0.2) is 50.6 Å². The number of benzene rings is 2. The van der Waals surface area contributed by atoms with E-state index in [1.54, 1.807) is 23.0 Å². The summed E-state index contributed by atoms with van der Waals surface area (Å²) in [6, 6.07) is 17.7. The highest BCUT2D eigenvalue weighted by Gasteiger charge is 2.41. The summed E-state index contributed by atoms with van der Waals surface area (Å²) in [6.07, 6.45) is 2.90. The van der Waals surface area contributed by atoms with Gasteiger partial charge in [0.05, 0.1) is 17.4 Å². The summed E-state index contributed by atoms with van der Waals surface area (Å²) in [6.45, 7) is 4.05. The van der Waals surface area contributed by atoms with E-state index in [0.717, 1.165) is 19.3 Å². The van der Waals surface area contributed by atoms with Gasteiger partial charge in [0.2, 0.25) is 12.0 Å².